The lowest BCUT2D eigenvalue weighted by Gasteiger charge is -1.94. The van der Waals surface area contributed by atoms with Crippen molar-refractivity contribution in [1.82, 2.24) is 0 Å². The fraction of sp³-hybridized carbons (Fsp3) is 0.733. The number of allylic oxidation sites excluding steroid dienone is 1. The van der Waals surface area contributed by atoms with Crippen LogP contribution in [-0.4, -0.2) is 12.6 Å². The van der Waals surface area contributed by atoms with Crippen molar-refractivity contribution >= 4 is 12.6 Å². The second kappa shape index (κ2) is 17.5. The molecule has 2 nitrogen and oxygen atoms in total. The number of carbonyl (C=O) groups is 2. The van der Waals surface area contributed by atoms with Gasteiger partial charge in [-0.05, 0) is 24.8 Å². The van der Waals surface area contributed by atoms with E-state index < -0.39 is 0 Å². The standard InChI is InChI=1S/C8H14O.C7H14O/c1-3-4-5-6-8(2)7-9;1-2-3-4-5-6-7-8/h7H,2-6H2,1H3;7H,2-6H2,1H3. The first-order valence-corrected chi connectivity index (χ1v) is 6.79. The molecular weight excluding hydrogens is 212 g/mol. The van der Waals surface area contributed by atoms with E-state index in [1.165, 1.54) is 32.1 Å². The normalized spacial score (nSPS) is 9.06. The molecule has 0 aliphatic rings. The van der Waals surface area contributed by atoms with Crippen LogP contribution < -0.4 is 0 Å². The highest BCUT2D eigenvalue weighted by molar-refractivity contribution is 5.71. The molecule has 0 amide bonds. The van der Waals surface area contributed by atoms with Crippen molar-refractivity contribution < 1.29 is 9.59 Å². The Hall–Kier alpha value is -0.920. The molecule has 0 rings (SSSR count). The number of hydrogen-bond acceptors (Lipinski definition) is 2. The second-order valence-electron chi connectivity index (χ2n) is 4.25. The van der Waals surface area contributed by atoms with Gasteiger partial charge in [0.25, 0.3) is 0 Å². The van der Waals surface area contributed by atoms with Crippen LogP contribution in [0.4, 0.5) is 0 Å². The number of aldehydes is 2. The van der Waals surface area contributed by atoms with Crippen molar-refractivity contribution in [3.05, 3.63) is 12.2 Å². The molecule has 0 aliphatic heterocycles. The summed E-state index contributed by atoms with van der Waals surface area (Å²) in [4.78, 5) is 19.8. The zero-order valence-electron chi connectivity index (χ0n) is 11.5. The molecule has 0 saturated carbocycles. The fourth-order valence-electron chi connectivity index (χ4n) is 1.32. The van der Waals surface area contributed by atoms with Gasteiger partial charge in [-0.2, -0.15) is 0 Å². The van der Waals surface area contributed by atoms with Gasteiger partial charge in [0, 0.05) is 6.42 Å². The highest BCUT2D eigenvalue weighted by Crippen LogP contribution is 2.03. The lowest BCUT2D eigenvalue weighted by atomic mass is 10.1. The van der Waals surface area contributed by atoms with Crippen LogP contribution in [0.1, 0.15) is 71.6 Å². The van der Waals surface area contributed by atoms with Gasteiger partial charge in [0.2, 0.25) is 0 Å². The Bertz CT molecular complexity index is 185. The Morgan fingerprint density at radius 2 is 1.53 bits per heavy atom. The van der Waals surface area contributed by atoms with E-state index in [0.29, 0.717) is 0 Å². The predicted octanol–water partition coefficient (Wildman–Crippen LogP) is 4.48. The lowest BCUT2D eigenvalue weighted by Crippen LogP contribution is -1.81. The van der Waals surface area contributed by atoms with E-state index in [1.54, 1.807) is 0 Å². The largest absolute Gasteiger partial charge is 0.303 e. The molecule has 100 valence electrons. The third-order valence-electron chi connectivity index (χ3n) is 2.44. The SMILES string of the molecule is C=C(C=O)CCCCC.CCCCCCC=O. The van der Waals surface area contributed by atoms with Crippen molar-refractivity contribution in [3.63, 3.8) is 0 Å². The molecule has 0 saturated heterocycles. The van der Waals surface area contributed by atoms with Crippen molar-refractivity contribution in [3.8, 4) is 0 Å². The minimum Gasteiger partial charge on any atom is -0.303 e. The van der Waals surface area contributed by atoms with Crippen molar-refractivity contribution in [2.75, 3.05) is 0 Å². The molecule has 0 fully saturated rings. The molecule has 0 bridgehead atoms. The van der Waals surface area contributed by atoms with Gasteiger partial charge in [0.1, 0.15) is 12.6 Å². The quantitative estimate of drug-likeness (QED) is 0.320. The second-order valence-corrected chi connectivity index (χ2v) is 4.25. The molecule has 0 spiro atoms. The van der Waals surface area contributed by atoms with Crippen LogP contribution in [-0.2, 0) is 9.59 Å². The first-order chi connectivity index (χ1) is 8.22. The van der Waals surface area contributed by atoms with Crippen LogP contribution in [0.2, 0.25) is 0 Å². The Labute approximate surface area is 106 Å². The first-order valence-electron chi connectivity index (χ1n) is 6.79. The summed E-state index contributed by atoms with van der Waals surface area (Å²) in [6.07, 6.45) is 11.8. The van der Waals surface area contributed by atoms with E-state index in [4.69, 9.17) is 0 Å². The van der Waals surface area contributed by atoms with Crippen molar-refractivity contribution in [2.24, 2.45) is 0 Å². The summed E-state index contributed by atoms with van der Waals surface area (Å²) in [6, 6.07) is 0. The average Bonchev–Trinajstić information content (AvgIpc) is 2.35. The summed E-state index contributed by atoms with van der Waals surface area (Å²) in [5, 5.41) is 0. The zero-order chi connectivity index (χ0) is 13.4. The van der Waals surface area contributed by atoms with Crippen molar-refractivity contribution in [2.45, 2.75) is 71.6 Å². The van der Waals surface area contributed by atoms with E-state index in [0.717, 1.165) is 43.8 Å². The summed E-state index contributed by atoms with van der Waals surface area (Å²) < 4.78 is 0. The highest BCUT2D eigenvalue weighted by atomic mass is 16.1. The van der Waals surface area contributed by atoms with Crippen LogP contribution in [0.5, 0.6) is 0 Å². The third-order valence-corrected chi connectivity index (χ3v) is 2.44. The Balaban J connectivity index is 0. The monoisotopic (exact) mass is 240 g/mol. The molecule has 0 atom stereocenters. The maximum Gasteiger partial charge on any atom is 0.145 e. The van der Waals surface area contributed by atoms with Gasteiger partial charge >= 0.3 is 0 Å². The molecule has 0 unspecified atom stereocenters. The smallest absolute Gasteiger partial charge is 0.145 e. The Morgan fingerprint density at radius 1 is 0.941 bits per heavy atom. The molecule has 0 heterocycles. The van der Waals surface area contributed by atoms with Crippen LogP contribution in [0.25, 0.3) is 0 Å². The van der Waals surface area contributed by atoms with Crippen LogP contribution in [0, 0.1) is 0 Å². The maximum absolute atomic E-state index is 10.00. The fourth-order valence-corrected chi connectivity index (χ4v) is 1.32. The number of carbonyl (C=O) groups excluding carboxylic acids is 2. The van der Waals surface area contributed by atoms with E-state index in [9.17, 15) is 9.59 Å². The minimum atomic E-state index is 0.725. The molecule has 0 aliphatic carbocycles. The number of hydrogen-bond donors (Lipinski definition) is 0. The molecule has 0 N–H and O–H groups in total. The molecule has 17 heavy (non-hydrogen) atoms. The molecule has 0 aromatic heterocycles. The number of rotatable bonds is 10. The van der Waals surface area contributed by atoms with Gasteiger partial charge in [0.05, 0.1) is 0 Å². The van der Waals surface area contributed by atoms with Crippen LogP contribution >= 0.6 is 0 Å². The zero-order valence-corrected chi connectivity index (χ0v) is 11.5. The molecule has 0 aromatic rings. The lowest BCUT2D eigenvalue weighted by molar-refractivity contribution is -0.108. The maximum atomic E-state index is 10.00. The van der Waals surface area contributed by atoms with Crippen molar-refractivity contribution in [1.29, 1.82) is 0 Å². The first kappa shape index (κ1) is 18.4. The molecular formula is C15H28O2. The van der Waals surface area contributed by atoms with Crippen LogP contribution in [0.3, 0.4) is 0 Å². The third kappa shape index (κ3) is 21.0. The van der Waals surface area contributed by atoms with E-state index in [-0.39, 0.29) is 0 Å². The minimum absolute atomic E-state index is 0.725. The Kier molecular flexibility index (Phi) is 19.0. The summed E-state index contributed by atoms with van der Waals surface area (Å²) in [5.41, 5.74) is 0.725. The van der Waals surface area contributed by atoms with E-state index in [2.05, 4.69) is 20.4 Å². The van der Waals surface area contributed by atoms with Gasteiger partial charge < -0.3 is 4.79 Å². The van der Waals surface area contributed by atoms with E-state index in [1.807, 2.05) is 0 Å². The summed E-state index contributed by atoms with van der Waals surface area (Å²) in [5.74, 6) is 0. The molecule has 0 aromatic carbocycles. The van der Waals surface area contributed by atoms with Gasteiger partial charge in [-0.3, -0.25) is 4.79 Å². The summed E-state index contributed by atoms with van der Waals surface area (Å²) in [7, 11) is 0. The van der Waals surface area contributed by atoms with Gasteiger partial charge in [-0.25, -0.2) is 0 Å². The average molecular weight is 240 g/mol. The topological polar surface area (TPSA) is 34.1 Å². The van der Waals surface area contributed by atoms with E-state index >= 15 is 0 Å². The Morgan fingerprint density at radius 3 is 2.00 bits per heavy atom. The van der Waals surface area contributed by atoms with Gasteiger partial charge in [0.15, 0.2) is 0 Å². The number of unbranched alkanes of at least 4 members (excludes halogenated alkanes) is 6. The molecule has 2 heteroatoms. The molecule has 0 radical (unpaired) electrons. The van der Waals surface area contributed by atoms with Gasteiger partial charge in [-0.1, -0.05) is 52.5 Å². The summed E-state index contributed by atoms with van der Waals surface area (Å²) >= 11 is 0. The van der Waals surface area contributed by atoms with Crippen LogP contribution in [0.15, 0.2) is 12.2 Å². The predicted molar refractivity (Wildman–Crippen MR) is 74.2 cm³/mol. The highest BCUT2D eigenvalue weighted by Gasteiger charge is 1.89. The summed E-state index contributed by atoms with van der Waals surface area (Å²) in [6.45, 7) is 7.89. The van der Waals surface area contributed by atoms with Gasteiger partial charge in [-0.15, -0.1) is 0 Å².